The number of aromatic hydroxyl groups is 1. The molecule has 1 amide bonds. The summed E-state index contributed by atoms with van der Waals surface area (Å²) in [6.07, 6.45) is 1.33. The van der Waals surface area contributed by atoms with Crippen molar-refractivity contribution in [3.8, 4) is 5.75 Å². The summed E-state index contributed by atoms with van der Waals surface area (Å²) in [7, 11) is 0. The fourth-order valence-electron chi connectivity index (χ4n) is 1.97. The van der Waals surface area contributed by atoms with Crippen LogP contribution in [0.15, 0.2) is 41.5 Å². The van der Waals surface area contributed by atoms with Gasteiger partial charge in [-0.1, -0.05) is 29.8 Å². The van der Waals surface area contributed by atoms with Crippen LogP contribution < -0.4 is 5.43 Å². The van der Waals surface area contributed by atoms with Gasteiger partial charge in [-0.3, -0.25) is 4.79 Å². The lowest BCUT2D eigenvalue weighted by Crippen LogP contribution is -2.17. The van der Waals surface area contributed by atoms with Gasteiger partial charge in [0.25, 0.3) is 5.91 Å². The average Bonchev–Trinajstić information content (AvgIpc) is 2.52. The van der Waals surface area contributed by atoms with Crippen molar-refractivity contribution < 1.29 is 15.0 Å². The molecule has 0 fully saturated rings. The van der Waals surface area contributed by atoms with Gasteiger partial charge in [0.1, 0.15) is 5.75 Å². The van der Waals surface area contributed by atoms with E-state index in [9.17, 15) is 15.0 Å². The third-order valence-corrected chi connectivity index (χ3v) is 3.35. The molecule has 0 heterocycles. The minimum absolute atomic E-state index is 0.0416. The average molecular weight is 298 g/mol. The summed E-state index contributed by atoms with van der Waals surface area (Å²) in [5, 5.41) is 23.1. The molecule has 2 aromatic rings. The van der Waals surface area contributed by atoms with E-state index in [1.807, 2.05) is 19.1 Å². The fraction of sp³-hybridized carbons (Fsp3) is 0.176. The van der Waals surface area contributed by atoms with E-state index in [1.165, 1.54) is 6.21 Å². The summed E-state index contributed by atoms with van der Waals surface area (Å²) in [5.74, 6) is -0.297. The van der Waals surface area contributed by atoms with E-state index >= 15 is 0 Å². The van der Waals surface area contributed by atoms with Crippen molar-refractivity contribution in [1.82, 2.24) is 5.43 Å². The number of phenols is 1. The predicted octanol–water partition coefficient (Wildman–Crippen LogP) is 2.27. The number of aliphatic hydroxyl groups is 1. The predicted molar refractivity (Wildman–Crippen MR) is 85.0 cm³/mol. The first-order chi connectivity index (χ1) is 10.5. The van der Waals surface area contributed by atoms with Gasteiger partial charge in [0, 0.05) is 11.1 Å². The molecule has 0 aliphatic carbocycles. The Morgan fingerprint density at radius 1 is 1.18 bits per heavy atom. The number of benzene rings is 2. The maximum atomic E-state index is 11.9. The van der Waals surface area contributed by atoms with Crippen LogP contribution in [0.5, 0.6) is 5.75 Å². The first-order valence-corrected chi connectivity index (χ1v) is 6.85. The monoisotopic (exact) mass is 298 g/mol. The summed E-state index contributed by atoms with van der Waals surface area (Å²) in [5.41, 5.74) is 5.57. The van der Waals surface area contributed by atoms with E-state index < -0.39 is 0 Å². The molecular weight excluding hydrogens is 280 g/mol. The van der Waals surface area contributed by atoms with Crippen molar-refractivity contribution in [1.29, 1.82) is 0 Å². The molecule has 0 radical (unpaired) electrons. The number of aliphatic hydroxyl groups excluding tert-OH is 1. The number of amides is 1. The molecule has 0 saturated heterocycles. The van der Waals surface area contributed by atoms with Crippen LogP contribution in [0.1, 0.15) is 32.6 Å². The fourth-order valence-corrected chi connectivity index (χ4v) is 1.97. The van der Waals surface area contributed by atoms with Gasteiger partial charge in [-0.05, 0) is 37.1 Å². The number of nitrogens with one attached hydrogen (secondary N) is 1. The first kappa shape index (κ1) is 15.7. The van der Waals surface area contributed by atoms with Gasteiger partial charge in [-0.15, -0.1) is 0 Å². The van der Waals surface area contributed by atoms with Gasteiger partial charge in [0.2, 0.25) is 0 Å². The normalized spacial score (nSPS) is 10.9. The molecule has 0 atom stereocenters. The van der Waals surface area contributed by atoms with Crippen LogP contribution >= 0.6 is 0 Å². The van der Waals surface area contributed by atoms with Crippen molar-refractivity contribution >= 4 is 12.1 Å². The number of nitrogens with zero attached hydrogens (tertiary/aromatic N) is 1. The Morgan fingerprint density at radius 3 is 2.50 bits per heavy atom. The number of hydrazone groups is 1. The van der Waals surface area contributed by atoms with Gasteiger partial charge in [0.05, 0.1) is 12.8 Å². The van der Waals surface area contributed by atoms with Crippen molar-refractivity contribution in [2.75, 3.05) is 0 Å². The molecule has 0 aliphatic rings. The number of carbonyl (C=O) groups excluding carboxylic acids is 1. The van der Waals surface area contributed by atoms with Crippen LogP contribution in [-0.2, 0) is 6.61 Å². The number of phenolic OH excluding ortho intramolecular Hbond substituents is 1. The van der Waals surface area contributed by atoms with E-state index in [4.69, 9.17) is 0 Å². The molecule has 0 aromatic heterocycles. The smallest absolute Gasteiger partial charge is 0.271 e. The Labute approximate surface area is 128 Å². The minimum Gasteiger partial charge on any atom is -0.507 e. The Bertz CT molecular complexity index is 707. The van der Waals surface area contributed by atoms with E-state index in [-0.39, 0.29) is 18.3 Å². The lowest BCUT2D eigenvalue weighted by Gasteiger charge is -2.08. The van der Waals surface area contributed by atoms with Crippen molar-refractivity contribution in [3.63, 3.8) is 0 Å². The molecule has 0 spiro atoms. The van der Waals surface area contributed by atoms with Crippen LogP contribution in [0.4, 0.5) is 0 Å². The van der Waals surface area contributed by atoms with Crippen molar-refractivity contribution in [2.45, 2.75) is 20.5 Å². The number of hydrogen-bond donors (Lipinski definition) is 3. The number of hydrogen-bond acceptors (Lipinski definition) is 4. The molecule has 22 heavy (non-hydrogen) atoms. The molecule has 0 saturated carbocycles. The molecule has 5 heteroatoms. The second-order valence-corrected chi connectivity index (χ2v) is 5.03. The number of rotatable bonds is 4. The number of carbonyl (C=O) groups is 1. The maximum absolute atomic E-state index is 11.9. The summed E-state index contributed by atoms with van der Waals surface area (Å²) in [6, 6.07) is 10.5. The Kier molecular flexibility index (Phi) is 4.91. The maximum Gasteiger partial charge on any atom is 0.271 e. The summed E-state index contributed by atoms with van der Waals surface area (Å²) >= 11 is 0. The Balaban J connectivity index is 2.14. The van der Waals surface area contributed by atoms with E-state index in [0.29, 0.717) is 22.3 Å². The molecule has 0 unspecified atom stereocenters. The van der Waals surface area contributed by atoms with Gasteiger partial charge < -0.3 is 10.2 Å². The van der Waals surface area contributed by atoms with Crippen LogP contribution in [0.25, 0.3) is 0 Å². The number of aryl methyl sites for hydroxylation is 2. The zero-order chi connectivity index (χ0) is 16.1. The molecule has 3 N–H and O–H groups in total. The van der Waals surface area contributed by atoms with E-state index in [0.717, 1.165) is 5.56 Å². The highest BCUT2D eigenvalue weighted by Gasteiger charge is 2.08. The summed E-state index contributed by atoms with van der Waals surface area (Å²) in [4.78, 5) is 11.9. The molecule has 2 aromatic carbocycles. The summed E-state index contributed by atoms with van der Waals surface area (Å²) < 4.78 is 0. The molecule has 0 aliphatic heterocycles. The topological polar surface area (TPSA) is 81.9 Å². The largest absolute Gasteiger partial charge is 0.507 e. The highest BCUT2D eigenvalue weighted by molar-refractivity contribution is 5.95. The first-order valence-electron chi connectivity index (χ1n) is 6.85. The molecule has 5 nitrogen and oxygen atoms in total. The van der Waals surface area contributed by atoms with Gasteiger partial charge in [0.15, 0.2) is 0 Å². The quantitative estimate of drug-likeness (QED) is 0.598. The van der Waals surface area contributed by atoms with E-state index in [2.05, 4.69) is 10.5 Å². The molecule has 0 bridgehead atoms. The second kappa shape index (κ2) is 6.87. The highest BCUT2D eigenvalue weighted by Crippen LogP contribution is 2.23. The molecule has 114 valence electrons. The van der Waals surface area contributed by atoms with Gasteiger partial charge in [-0.2, -0.15) is 5.10 Å². The van der Waals surface area contributed by atoms with Gasteiger partial charge in [-0.25, -0.2) is 5.43 Å². The lowest BCUT2D eigenvalue weighted by atomic mass is 10.0. The minimum atomic E-state index is -0.339. The standard InChI is InChI=1S/C17H18N2O3/c1-11-3-6-13(7-4-11)17(22)19-18-9-15-14(10-20)8-5-12(2)16(15)21/h3-9,20-21H,10H2,1-2H3,(H,19,22)/b18-9+. The highest BCUT2D eigenvalue weighted by atomic mass is 16.3. The Hall–Kier alpha value is -2.66. The zero-order valence-electron chi connectivity index (χ0n) is 12.5. The second-order valence-electron chi connectivity index (χ2n) is 5.03. The SMILES string of the molecule is Cc1ccc(C(=O)N/N=C/c2c(CO)ccc(C)c2O)cc1. The zero-order valence-corrected chi connectivity index (χ0v) is 12.5. The van der Waals surface area contributed by atoms with Crippen LogP contribution in [0.2, 0.25) is 0 Å². The van der Waals surface area contributed by atoms with Gasteiger partial charge >= 0.3 is 0 Å². The molecular formula is C17H18N2O3. The van der Waals surface area contributed by atoms with Crippen molar-refractivity contribution in [2.24, 2.45) is 5.10 Å². The van der Waals surface area contributed by atoms with Crippen LogP contribution in [-0.4, -0.2) is 22.3 Å². The Morgan fingerprint density at radius 2 is 1.86 bits per heavy atom. The summed E-state index contributed by atoms with van der Waals surface area (Å²) in [6.45, 7) is 3.47. The van der Waals surface area contributed by atoms with Crippen LogP contribution in [0.3, 0.4) is 0 Å². The van der Waals surface area contributed by atoms with Crippen LogP contribution in [0, 0.1) is 13.8 Å². The van der Waals surface area contributed by atoms with Crippen molar-refractivity contribution in [3.05, 3.63) is 64.2 Å². The van der Waals surface area contributed by atoms with E-state index in [1.54, 1.807) is 31.2 Å². The third kappa shape index (κ3) is 3.51. The molecule has 2 rings (SSSR count). The lowest BCUT2D eigenvalue weighted by molar-refractivity contribution is 0.0955. The third-order valence-electron chi connectivity index (χ3n) is 3.35.